The summed E-state index contributed by atoms with van der Waals surface area (Å²) in [5, 5.41) is 3.69. The Kier molecular flexibility index (Phi) is 4.79. The fraction of sp³-hybridized carbons (Fsp3) is 0.200. The minimum absolute atomic E-state index is 0.0302. The molecule has 0 unspecified atom stereocenters. The van der Waals surface area contributed by atoms with Gasteiger partial charge in [-0.2, -0.15) is 0 Å². The van der Waals surface area contributed by atoms with Gasteiger partial charge in [0, 0.05) is 0 Å². The summed E-state index contributed by atoms with van der Waals surface area (Å²) in [4.78, 5) is 18.2. The molecule has 0 radical (unpaired) electrons. The number of nitrogens with zero attached hydrogens (tertiary/aromatic N) is 1. The van der Waals surface area contributed by atoms with Crippen LogP contribution < -0.4 is 10.2 Å². The molecule has 1 aromatic carbocycles. The zero-order valence-electron chi connectivity index (χ0n) is 15.1. The Labute approximate surface area is 160 Å². The Morgan fingerprint density at radius 2 is 2.04 bits per heavy atom. The number of aromatic nitrogens is 1. The fourth-order valence-corrected chi connectivity index (χ4v) is 3.84. The second-order valence-corrected chi connectivity index (χ2v) is 7.54. The number of carbonyl (C=O) groups excluding carboxylic acids is 1. The number of para-hydroxylation sites is 1. The highest BCUT2D eigenvalue weighted by atomic mass is 32.1. The fourth-order valence-electron chi connectivity index (χ4n) is 2.91. The van der Waals surface area contributed by atoms with E-state index >= 15 is 0 Å². The molecule has 0 spiro atoms. The summed E-state index contributed by atoms with van der Waals surface area (Å²) in [6, 6.07) is 15.2. The van der Waals surface area contributed by atoms with E-state index in [2.05, 4.69) is 10.3 Å². The van der Waals surface area contributed by atoms with Gasteiger partial charge < -0.3 is 19.1 Å². The number of benzene rings is 1. The molecule has 0 saturated carbocycles. The monoisotopic (exact) mass is 382 g/mol. The molecule has 0 aliphatic rings. The molecule has 7 heteroatoms. The van der Waals surface area contributed by atoms with E-state index in [1.54, 1.807) is 29.7 Å². The van der Waals surface area contributed by atoms with E-state index in [0.29, 0.717) is 12.3 Å². The number of likely N-dealkylation sites (N-methyl/N-ethyl adjacent to an activating group) is 1. The average molecular weight is 382 g/mol. The summed E-state index contributed by atoms with van der Waals surface area (Å²) in [6.07, 6.45) is 1.64. The van der Waals surface area contributed by atoms with Crippen molar-refractivity contribution in [1.82, 2.24) is 10.3 Å². The van der Waals surface area contributed by atoms with Crippen molar-refractivity contribution < 1.29 is 18.5 Å². The van der Waals surface area contributed by atoms with E-state index in [0.717, 1.165) is 21.0 Å². The van der Waals surface area contributed by atoms with Gasteiger partial charge in [-0.3, -0.25) is 4.79 Å². The molecule has 4 aromatic rings. The van der Waals surface area contributed by atoms with E-state index in [-0.39, 0.29) is 17.7 Å². The summed E-state index contributed by atoms with van der Waals surface area (Å²) < 4.78 is 12.3. The minimum Gasteiger partial charge on any atom is -0.463 e. The Balaban J connectivity index is 1.47. The highest BCUT2D eigenvalue weighted by Crippen LogP contribution is 2.31. The molecule has 0 fully saturated rings. The molecule has 27 heavy (non-hydrogen) atoms. The molecule has 6 nitrogen and oxygen atoms in total. The Morgan fingerprint density at radius 3 is 2.78 bits per heavy atom. The summed E-state index contributed by atoms with van der Waals surface area (Å²) in [5.74, 6) is 1.46. The molecule has 0 bridgehead atoms. The van der Waals surface area contributed by atoms with Crippen molar-refractivity contribution in [3.63, 3.8) is 0 Å². The highest BCUT2D eigenvalue weighted by Gasteiger charge is 2.23. The molecule has 138 valence electrons. The van der Waals surface area contributed by atoms with Gasteiger partial charge in [-0.25, -0.2) is 4.98 Å². The molecule has 1 atom stereocenters. The van der Waals surface area contributed by atoms with Crippen molar-refractivity contribution >= 4 is 27.5 Å². The lowest BCUT2D eigenvalue weighted by Crippen LogP contribution is -3.07. The van der Waals surface area contributed by atoms with Gasteiger partial charge in [0.1, 0.15) is 0 Å². The molecule has 4 rings (SSSR count). The van der Waals surface area contributed by atoms with Gasteiger partial charge >= 0.3 is 0 Å². The lowest BCUT2D eigenvalue weighted by molar-refractivity contribution is -0.891. The summed E-state index contributed by atoms with van der Waals surface area (Å²) in [6.45, 7) is 0.450. The van der Waals surface area contributed by atoms with Crippen molar-refractivity contribution in [3.05, 3.63) is 66.3 Å². The first-order valence-corrected chi connectivity index (χ1v) is 9.51. The topological polar surface area (TPSA) is 72.7 Å². The van der Waals surface area contributed by atoms with Crippen LogP contribution in [0.25, 0.3) is 21.0 Å². The van der Waals surface area contributed by atoms with Gasteiger partial charge in [0.15, 0.2) is 28.3 Å². The summed E-state index contributed by atoms with van der Waals surface area (Å²) in [5.41, 5.74) is 0.926. The zero-order valence-corrected chi connectivity index (χ0v) is 15.9. The van der Waals surface area contributed by atoms with Gasteiger partial charge in [-0.05, 0) is 36.4 Å². The third kappa shape index (κ3) is 3.65. The molecular formula is C20H20N3O3S+. The van der Waals surface area contributed by atoms with Crippen LogP contribution in [0, 0.1) is 0 Å². The molecule has 3 aromatic heterocycles. The first-order valence-electron chi connectivity index (χ1n) is 8.69. The number of furan rings is 2. The third-order valence-corrected chi connectivity index (χ3v) is 5.44. The number of rotatable bonds is 6. The molecular weight excluding hydrogens is 362 g/mol. The average Bonchev–Trinajstić information content (AvgIpc) is 3.40. The maximum atomic E-state index is 12.5. The largest absolute Gasteiger partial charge is 0.463 e. The molecule has 1 amide bonds. The summed E-state index contributed by atoms with van der Waals surface area (Å²) >= 11 is 1.54. The van der Waals surface area contributed by atoms with E-state index in [4.69, 9.17) is 8.83 Å². The number of thiazole rings is 1. The van der Waals surface area contributed by atoms with Crippen LogP contribution >= 0.6 is 11.3 Å². The van der Waals surface area contributed by atoms with Crippen molar-refractivity contribution in [2.24, 2.45) is 0 Å². The van der Waals surface area contributed by atoms with Crippen molar-refractivity contribution in [3.8, 4) is 10.8 Å². The van der Waals surface area contributed by atoms with Crippen LogP contribution in [-0.4, -0.2) is 31.5 Å². The number of hydrogen-bond donors (Lipinski definition) is 2. The quantitative estimate of drug-likeness (QED) is 0.538. The predicted molar refractivity (Wildman–Crippen MR) is 104 cm³/mol. The zero-order chi connectivity index (χ0) is 18.8. The number of fused-ring (bicyclic) bond motifs is 1. The van der Waals surface area contributed by atoms with Gasteiger partial charge in [0.05, 0.1) is 37.1 Å². The van der Waals surface area contributed by atoms with Crippen LogP contribution in [0.15, 0.2) is 63.6 Å². The highest BCUT2D eigenvalue weighted by molar-refractivity contribution is 7.21. The maximum Gasteiger partial charge on any atom is 0.287 e. The Hall–Kier alpha value is -2.90. The first kappa shape index (κ1) is 17.5. The van der Waals surface area contributed by atoms with Crippen molar-refractivity contribution in [1.29, 1.82) is 0 Å². The van der Waals surface area contributed by atoms with Crippen LogP contribution in [0.3, 0.4) is 0 Å². The van der Waals surface area contributed by atoms with Crippen LogP contribution in [0.5, 0.6) is 0 Å². The number of nitrogens with one attached hydrogen (secondary N) is 2. The number of carbonyl (C=O) groups is 1. The molecule has 0 aliphatic heterocycles. The lowest BCUT2D eigenvalue weighted by atomic mass is 10.2. The van der Waals surface area contributed by atoms with Crippen LogP contribution in [0.4, 0.5) is 0 Å². The summed E-state index contributed by atoms with van der Waals surface area (Å²) in [7, 11) is 4.05. The smallest absolute Gasteiger partial charge is 0.287 e. The second-order valence-electron chi connectivity index (χ2n) is 6.51. The lowest BCUT2D eigenvalue weighted by Gasteiger charge is -2.19. The standard InChI is InChI=1S/C20H19N3O3S/c1-23(2)14(15-7-5-11-25-15)12-21-19(24)16-9-10-17(26-16)20-22-13-6-3-4-8-18(13)27-20/h3-11,14H,12H2,1-2H3,(H,21,24)/p+1/t14-/m1/s1. The van der Waals surface area contributed by atoms with Gasteiger partial charge in [-0.15, -0.1) is 11.3 Å². The van der Waals surface area contributed by atoms with Gasteiger partial charge in [-0.1, -0.05) is 12.1 Å². The van der Waals surface area contributed by atoms with Crippen molar-refractivity contribution in [2.75, 3.05) is 20.6 Å². The molecule has 2 N–H and O–H groups in total. The van der Waals surface area contributed by atoms with Crippen LogP contribution in [-0.2, 0) is 0 Å². The molecule has 0 aliphatic carbocycles. The Bertz CT molecular complexity index is 1020. The van der Waals surface area contributed by atoms with E-state index < -0.39 is 0 Å². The van der Waals surface area contributed by atoms with Gasteiger partial charge in [0.25, 0.3) is 5.91 Å². The van der Waals surface area contributed by atoms with Crippen LogP contribution in [0.2, 0.25) is 0 Å². The first-order chi connectivity index (χ1) is 13.1. The van der Waals surface area contributed by atoms with Crippen LogP contribution in [0.1, 0.15) is 22.4 Å². The van der Waals surface area contributed by atoms with E-state index in [1.165, 1.54) is 4.90 Å². The Morgan fingerprint density at radius 1 is 1.19 bits per heavy atom. The third-order valence-electron chi connectivity index (χ3n) is 4.38. The molecule has 0 saturated heterocycles. The number of quaternary nitrogens is 1. The maximum absolute atomic E-state index is 12.5. The van der Waals surface area contributed by atoms with E-state index in [1.807, 2.05) is 50.5 Å². The predicted octanol–water partition coefficient (Wildman–Crippen LogP) is 2.76. The number of hydrogen-bond acceptors (Lipinski definition) is 5. The minimum atomic E-state index is -0.250. The normalized spacial score (nSPS) is 12.6. The second kappa shape index (κ2) is 7.38. The number of amides is 1. The van der Waals surface area contributed by atoms with E-state index in [9.17, 15) is 4.79 Å². The van der Waals surface area contributed by atoms with Crippen molar-refractivity contribution in [2.45, 2.75) is 6.04 Å². The SMILES string of the molecule is C[NH+](C)[C@H](CNC(=O)c1ccc(-c2nc3ccccc3s2)o1)c1ccco1. The molecule has 3 heterocycles. The van der Waals surface area contributed by atoms with Gasteiger partial charge in [0.2, 0.25) is 0 Å².